The van der Waals surface area contributed by atoms with E-state index in [-0.39, 0.29) is 0 Å². The largest absolute Gasteiger partial charge is 0.439 e. The highest BCUT2D eigenvalue weighted by Gasteiger charge is 2.01. The Hall–Kier alpha value is -2.14. The first-order valence-electron chi connectivity index (χ1n) is 6.87. The van der Waals surface area contributed by atoms with E-state index < -0.39 is 0 Å². The summed E-state index contributed by atoms with van der Waals surface area (Å²) in [5.41, 5.74) is 0.830. The van der Waals surface area contributed by atoms with Crippen LogP contribution in [0, 0.1) is 5.92 Å². The predicted molar refractivity (Wildman–Crippen MR) is 89.8 cm³/mol. The van der Waals surface area contributed by atoms with Gasteiger partial charge in [-0.3, -0.25) is 0 Å². The Morgan fingerprint density at radius 3 is 2.57 bits per heavy atom. The van der Waals surface area contributed by atoms with Gasteiger partial charge in [0.2, 0.25) is 5.88 Å². The van der Waals surface area contributed by atoms with Crippen molar-refractivity contribution in [2.24, 2.45) is 5.92 Å². The number of hydrogen-bond acceptors (Lipinski definition) is 3. The number of pyridine rings is 1. The minimum Gasteiger partial charge on any atom is -0.439 e. The Morgan fingerprint density at radius 2 is 1.95 bits per heavy atom. The molecule has 0 saturated heterocycles. The second-order valence-electron chi connectivity index (χ2n) is 5.03. The molecule has 21 heavy (non-hydrogen) atoms. The molecule has 0 aliphatic heterocycles. The fraction of sp³-hybridized carbons (Fsp3) is 0.250. The van der Waals surface area contributed by atoms with Crippen LogP contribution in [0.4, 0.5) is 5.69 Å². The summed E-state index contributed by atoms with van der Waals surface area (Å²) >= 11 is 5.21. The summed E-state index contributed by atoms with van der Waals surface area (Å²) in [5.74, 6) is 1.86. The summed E-state index contributed by atoms with van der Waals surface area (Å²) in [7, 11) is 0. The standard InChI is InChI=1S/C16H19N3OS/c1-12(2)10-18-16(21)19-13-8-9-15(17-11-13)20-14-6-4-3-5-7-14/h3-9,11-12H,10H2,1-2H3,(H2,18,19,21). The summed E-state index contributed by atoms with van der Waals surface area (Å²) in [5, 5.41) is 6.84. The normalized spacial score (nSPS) is 10.2. The van der Waals surface area contributed by atoms with Crippen LogP contribution in [0.15, 0.2) is 48.7 Å². The minimum absolute atomic E-state index is 0.546. The molecule has 0 bridgehead atoms. The second kappa shape index (κ2) is 7.59. The van der Waals surface area contributed by atoms with E-state index in [2.05, 4.69) is 29.5 Å². The molecule has 0 spiro atoms. The van der Waals surface area contributed by atoms with Crippen LogP contribution in [0.3, 0.4) is 0 Å². The van der Waals surface area contributed by atoms with Crippen molar-refractivity contribution in [2.45, 2.75) is 13.8 Å². The molecule has 1 aromatic carbocycles. The molecule has 2 N–H and O–H groups in total. The zero-order chi connectivity index (χ0) is 15.1. The average Bonchev–Trinajstić information content (AvgIpc) is 2.48. The van der Waals surface area contributed by atoms with Crippen LogP contribution >= 0.6 is 12.2 Å². The number of ether oxygens (including phenoxy) is 1. The van der Waals surface area contributed by atoms with Gasteiger partial charge in [-0.15, -0.1) is 0 Å². The van der Waals surface area contributed by atoms with Gasteiger partial charge in [0.1, 0.15) is 5.75 Å². The Morgan fingerprint density at radius 1 is 1.19 bits per heavy atom. The van der Waals surface area contributed by atoms with Crippen LogP contribution in [-0.4, -0.2) is 16.6 Å². The molecule has 110 valence electrons. The van der Waals surface area contributed by atoms with E-state index in [1.165, 1.54) is 0 Å². The number of nitrogens with one attached hydrogen (secondary N) is 2. The predicted octanol–water partition coefficient (Wildman–Crippen LogP) is 3.82. The topological polar surface area (TPSA) is 46.2 Å². The van der Waals surface area contributed by atoms with E-state index in [0.717, 1.165) is 18.0 Å². The van der Waals surface area contributed by atoms with Gasteiger partial charge in [0.05, 0.1) is 11.9 Å². The van der Waals surface area contributed by atoms with E-state index in [9.17, 15) is 0 Å². The van der Waals surface area contributed by atoms with Gasteiger partial charge in [-0.25, -0.2) is 4.98 Å². The van der Waals surface area contributed by atoms with Gasteiger partial charge in [-0.05, 0) is 36.3 Å². The van der Waals surface area contributed by atoms with Crippen molar-refractivity contribution < 1.29 is 4.74 Å². The van der Waals surface area contributed by atoms with E-state index in [1.54, 1.807) is 12.3 Å². The number of nitrogens with zero attached hydrogens (tertiary/aromatic N) is 1. The Labute approximate surface area is 130 Å². The molecule has 5 heteroatoms. The van der Waals surface area contributed by atoms with Gasteiger partial charge in [-0.2, -0.15) is 0 Å². The zero-order valence-corrected chi connectivity index (χ0v) is 13.0. The van der Waals surface area contributed by atoms with Crippen molar-refractivity contribution in [2.75, 3.05) is 11.9 Å². The number of hydrogen-bond donors (Lipinski definition) is 2. The number of anilines is 1. The maximum atomic E-state index is 5.63. The molecule has 0 aliphatic rings. The number of aromatic nitrogens is 1. The quantitative estimate of drug-likeness (QED) is 0.822. The number of rotatable bonds is 5. The molecule has 0 amide bonds. The highest BCUT2D eigenvalue weighted by Crippen LogP contribution is 2.19. The van der Waals surface area contributed by atoms with Crippen molar-refractivity contribution in [1.29, 1.82) is 0 Å². The van der Waals surface area contributed by atoms with Crippen molar-refractivity contribution >= 4 is 23.0 Å². The molecule has 0 unspecified atom stereocenters. The first-order chi connectivity index (χ1) is 10.1. The molecule has 1 aromatic heterocycles. The lowest BCUT2D eigenvalue weighted by atomic mass is 10.2. The highest BCUT2D eigenvalue weighted by molar-refractivity contribution is 7.80. The van der Waals surface area contributed by atoms with Crippen molar-refractivity contribution in [1.82, 2.24) is 10.3 Å². The van der Waals surface area contributed by atoms with Crippen LogP contribution in [0.2, 0.25) is 0 Å². The second-order valence-corrected chi connectivity index (χ2v) is 5.44. The first-order valence-corrected chi connectivity index (χ1v) is 7.28. The van der Waals surface area contributed by atoms with Crippen molar-refractivity contribution in [3.63, 3.8) is 0 Å². The summed E-state index contributed by atoms with van der Waals surface area (Å²) in [6.07, 6.45) is 1.70. The van der Waals surface area contributed by atoms with Crippen LogP contribution in [-0.2, 0) is 0 Å². The molecule has 4 nitrogen and oxygen atoms in total. The minimum atomic E-state index is 0.546. The summed E-state index contributed by atoms with van der Waals surface area (Å²) in [4.78, 5) is 4.25. The van der Waals surface area contributed by atoms with Crippen LogP contribution in [0.5, 0.6) is 11.6 Å². The average molecular weight is 301 g/mol. The molecule has 2 aromatic rings. The highest BCUT2D eigenvalue weighted by atomic mass is 32.1. The number of benzene rings is 1. The SMILES string of the molecule is CC(C)CNC(=S)Nc1ccc(Oc2ccccc2)nc1. The molecular weight excluding hydrogens is 282 g/mol. The molecule has 2 rings (SSSR count). The van der Waals surface area contributed by atoms with Gasteiger partial charge in [0, 0.05) is 12.6 Å². The van der Waals surface area contributed by atoms with Gasteiger partial charge >= 0.3 is 0 Å². The monoisotopic (exact) mass is 301 g/mol. The number of thiocarbonyl (C=S) groups is 1. The van der Waals surface area contributed by atoms with Gasteiger partial charge in [0.25, 0.3) is 0 Å². The molecule has 0 fully saturated rings. The fourth-order valence-electron chi connectivity index (χ4n) is 1.60. The van der Waals surface area contributed by atoms with Gasteiger partial charge < -0.3 is 15.4 Å². The first kappa shape index (κ1) is 15.3. The molecule has 1 heterocycles. The van der Waals surface area contributed by atoms with Crippen LogP contribution in [0.25, 0.3) is 0 Å². The van der Waals surface area contributed by atoms with E-state index in [4.69, 9.17) is 17.0 Å². The maximum Gasteiger partial charge on any atom is 0.219 e. The smallest absolute Gasteiger partial charge is 0.219 e. The van der Waals surface area contributed by atoms with Crippen LogP contribution in [0.1, 0.15) is 13.8 Å². The molecule has 0 aliphatic carbocycles. The fourth-order valence-corrected chi connectivity index (χ4v) is 1.80. The Bertz CT molecular complexity index is 570. The summed E-state index contributed by atoms with van der Waals surface area (Å²) in [6.45, 7) is 5.11. The molecule has 0 atom stereocenters. The summed E-state index contributed by atoms with van der Waals surface area (Å²) in [6, 6.07) is 13.2. The van der Waals surface area contributed by atoms with Gasteiger partial charge in [-0.1, -0.05) is 32.0 Å². The van der Waals surface area contributed by atoms with Gasteiger partial charge in [0.15, 0.2) is 5.11 Å². The lowest BCUT2D eigenvalue weighted by molar-refractivity contribution is 0.463. The lowest BCUT2D eigenvalue weighted by Gasteiger charge is -2.12. The lowest BCUT2D eigenvalue weighted by Crippen LogP contribution is -2.31. The van der Waals surface area contributed by atoms with E-state index in [0.29, 0.717) is 16.9 Å². The Balaban J connectivity index is 1.88. The third kappa shape index (κ3) is 5.39. The molecular formula is C16H19N3OS. The van der Waals surface area contributed by atoms with E-state index >= 15 is 0 Å². The third-order valence-electron chi connectivity index (χ3n) is 2.63. The molecule has 0 radical (unpaired) electrons. The van der Waals surface area contributed by atoms with Crippen molar-refractivity contribution in [3.8, 4) is 11.6 Å². The third-order valence-corrected chi connectivity index (χ3v) is 2.88. The number of para-hydroxylation sites is 1. The molecule has 0 saturated carbocycles. The van der Waals surface area contributed by atoms with Crippen LogP contribution < -0.4 is 15.4 Å². The zero-order valence-electron chi connectivity index (χ0n) is 12.2. The Kier molecular flexibility index (Phi) is 5.51. The van der Waals surface area contributed by atoms with Crippen molar-refractivity contribution in [3.05, 3.63) is 48.7 Å². The summed E-state index contributed by atoms with van der Waals surface area (Å²) < 4.78 is 5.63. The van der Waals surface area contributed by atoms with E-state index in [1.807, 2.05) is 36.4 Å². The maximum absolute atomic E-state index is 5.63.